The van der Waals surface area contributed by atoms with Gasteiger partial charge in [0.05, 0.1) is 5.52 Å². The van der Waals surface area contributed by atoms with Crippen molar-refractivity contribution in [1.29, 1.82) is 0 Å². The molecule has 0 spiro atoms. The van der Waals surface area contributed by atoms with Gasteiger partial charge in [0, 0.05) is 29.4 Å². The fourth-order valence-corrected chi connectivity index (χ4v) is 2.46. The van der Waals surface area contributed by atoms with E-state index in [0.29, 0.717) is 22.4 Å². The Kier molecular flexibility index (Phi) is 3.82. The molecule has 23 heavy (non-hydrogen) atoms. The molecule has 2 heterocycles. The first-order chi connectivity index (χ1) is 11.0. The van der Waals surface area contributed by atoms with E-state index in [0.717, 1.165) is 0 Å². The highest BCUT2D eigenvalue weighted by Crippen LogP contribution is 2.21. The van der Waals surface area contributed by atoms with E-state index in [-0.39, 0.29) is 11.9 Å². The van der Waals surface area contributed by atoms with Crippen LogP contribution >= 0.6 is 0 Å². The molecule has 0 saturated carbocycles. The molecular weight excluding hydrogens is 300 g/mol. The van der Waals surface area contributed by atoms with Gasteiger partial charge in [-0.15, -0.1) is 0 Å². The molecule has 0 atom stereocenters. The molecule has 0 saturated heterocycles. The molecule has 0 aliphatic heterocycles. The number of halogens is 2. The first-order valence-electron chi connectivity index (χ1n) is 7.19. The van der Waals surface area contributed by atoms with E-state index in [4.69, 9.17) is 0 Å². The standard InChI is InChI=1S/C17H15F2N3O/c1-10(2)22-15-8-16(21-13-5-3-12(18)4-6-13)20-9-11(15)7-14(19)17(22)23/h3-10H,1-2H3,(H,20,21). The lowest BCUT2D eigenvalue weighted by Crippen LogP contribution is -2.25. The zero-order chi connectivity index (χ0) is 16.6. The van der Waals surface area contributed by atoms with Crippen molar-refractivity contribution >= 4 is 22.4 Å². The summed E-state index contributed by atoms with van der Waals surface area (Å²) in [6.07, 6.45) is 1.50. The van der Waals surface area contributed by atoms with E-state index in [9.17, 15) is 13.6 Å². The van der Waals surface area contributed by atoms with Crippen LogP contribution in [0, 0.1) is 11.6 Å². The van der Waals surface area contributed by atoms with Crippen molar-refractivity contribution in [3.63, 3.8) is 0 Å². The molecule has 6 heteroatoms. The zero-order valence-corrected chi connectivity index (χ0v) is 12.7. The van der Waals surface area contributed by atoms with E-state index in [1.807, 2.05) is 13.8 Å². The molecule has 3 aromatic rings. The molecule has 1 N–H and O–H groups in total. The van der Waals surface area contributed by atoms with Crippen LogP contribution in [-0.2, 0) is 0 Å². The van der Waals surface area contributed by atoms with E-state index in [1.54, 1.807) is 18.2 Å². The molecule has 0 aliphatic rings. The van der Waals surface area contributed by atoms with Crippen molar-refractivity contribution in [3.05, 3.63) is 64.6 Å². The fraction of sp³-hybridized carbons (Fsp3) is 0.176. The largest absolute Gasteiger partial charge is 0.340 e. The van der Waals surface area contributed by atoms with Gasteiger partial charge in [0.2, 0.25) is 0 Å². The Morgan fingerprint density at radius 3 is 2.48 bits per heavy atom. The molecule has 4 nitrogen and oxygen atoms in total. The van der Waals surface area contributed by atoms with Gasteiger partial charge in [-0.3, -0.25) is 4.79 Å². The summed E-state index contributed by atoms with van der Waals surface area (Å²) >= 11 is 0. The van der Waals surface area contributed by atoms with E-state index < -0.39 is 11.4 Å². The highest BCUT2D eigenvalue weighted by Gasteiger charge is 2.12. The maximum absolute atomic E-state index is 13.7. The number of nitrogens with one attached hydrogen (secondary N) is 1. The van der Waals surface area contributed by atoms with Crippen LogP contribution in [-0.4, -0.2) is 9.55 Å². The van der Waals surface area contributed by atoms with Crippen molar-refractivity contribution in [1.82, 2.24) is 9.55 Å². The fourth-order valence-electron chi connectivity index (χ4n) is 2.46. The Morgan fingerprint density at radius 2 is 1.83 bits per heavy atom. The summed E-state index contributed by atoms with van der Waals surface area (Å²) in [5.41, 5.74) is 0.594. The average molecular weight is 315 g/mol. The molecule has 3 rings (SSSR count). The van der Waals surface area contributed by atoms with Crippen LogP contribution in [0.25, 0.3) is 10.9 Å². The van der Waals surface area contributed by atoms with Crippen molar-refractivity contribution in [2.24, 2.45) is 0 Å². The van der Waals surface area contributed by atoms with Gasteiger partial charge in [0.25, 0.3) is 5.56 Å². The Hall–Kier alpha value is -2.76. The predicted molar refractivity (Wildman–Crippen MR) is 86.0 cm³/mol. The minimum absolute atomic E-state index is 0.193. The van der Waals surface area contributed by atoms with Crippen LogP contribution in [0.3, 0.4) is 0 Å². The number of anilines is 2. The van der Waals surface area contributed by atoms with E-state index >= 15 is 0 Å². The van der Waals surface area contributed by atoms with Crippen molar-refractivity contribution < 1.29 is 8.78 Å². The summed E-state index contributed by atoms with van der Waals surface area (Å²) in [4.78, 5) is 16.2. The minimum Gasteiger partial charge on any atom is -0.340 e. The molecule has 0 bridgehead atoms. The lowest BCUT2D eigenvalue weighted by molar-refractivity contribution is 0.542. The first kappa shape index (κ1) is 15.1. The summed E-state index contributed by atoms with van der Waals surface area (Å²) < 4.78 is 28.1. The van der Waals surface area contributed by atoms with Gasteiger partial charge in [-0.2, -0.15) is 0 Å². The van der Waals surface area contributed by atoms with Gasteiger partial charge >= 0.3 is 0 Å². The van der Waals surface area contributed by atoms with Gasteiger partial charge in [-0.1, -0.05) is 0 Å². The molecule has 0 radical (unpaired) electrons. The number of nitrogens with zero attached hydrogens (tertiary/aromatic N) is 2. The molecule has 0 fully saturated rings. The first-order valence-corrected chi connectivity index (χ1v) is 7.19. The van der Waals surface area contributed by atoms with Crippen LogP contribution < -0.4 is 10.9 Å². The van der Waals surface area contributed by atoms with Gasteiger partial charge in [0.15, 0.2) is 5.82 Å². The number of aromatic nitrogens is 2. The third kappa shape index (κ3) is 2.92. The molecule has 118 valence electrons. The number of hydrogen-bond acceptors (Lipinski definition) is 3. The third-order valence-electron chi connectivity index (χ3n) is 3.51. The Balaban J connectivity index is 2.10. The number of hydrogen-bond donors (Lipinski definition) is 1. The summed E-state index contributed by atoms with van der Waals surface area (Å²) in [5, 5.41) is 3.58. The lowest BCUT2D eigenvalue weighted by Gasteiger charge is -2.15. The molecule has 0 aliphatic carbocycles. The SMILES string of the molecule is CC(C)n1c(=O)c(F)cc2cnc(Nc3ccc(F)cc3)cc21. The molecule has 0 unspecified atom stereocenters. The van der Waals surface area contributed by atoms with Crippen molar-refractivity contribution in [2.75, 3.05) is 5.32 Å². The molecule has 2 aromatic heterocycles. The minimum atomic E-state index is -0.799. The van der Waals surface area contributed by atoms with Crippen LogP contribution in [0.15, 0.2) is 47.4 Å². The maximum Gasteiger partial charge on any atom is 0.287 e. The predicted octanol–water partition coefficient (Wildman–Crippen LogP) is 4.00. The van der Waals surface area contributed by atoms with Crippen LogP contribution in [0.1, 0.15) is 19.9 Å². The molecule has 0 amide bonds. The highest BCUT2D eigenvalue weighted by molar-refractivity contribution is 5.81. The number of fused-ring (bicyclic) bond motifs is 1. The molecule has 1 aromatic carbocycles. The second kappa shape index (κ2) is 5.79. The summed E-state index contributed by atoms with van der Waals surface area (Å²) in [6, 6.07) is 8.51. The number of rotatable bonds is 3. The van der Waals surface area contributed by atoms with Crippen LogP contribution in [0.4, 0.5) is 20.3 Å². The lowest BCUT2D eigenvalue weighted by atomic mass is 10.2. The monoisotopic (exact) mass is 315 g/mol. The molecular formula is C17H15F2N3O. The van der Waals surface area contributed by atoms with E-state index in [2.05, 4.69) is 10.3 Å². The van der Waals surface area contributed by atoms with Gasteiger partial charge in [-0.05, 0) is 44.2 Å². The zero-order valence-electron chi connectivity index (χ0n) is 12.7. The Bertz CT molecular complexity index is 918. The quantitative estimate of drug-likeness (QED) is 0.794. The van der Waals surface area contributed by atoms with Crippen molar-refractivity contribution in [3.8, 4) is 0 Å². The Labute approximate surface area is 131 Å². The van der Waals surface area contributed by atoms with Gasteiger partial charge in [-0.25, -0.2) is 13.8 Å². The average Bonchev–Trinajstić information content (AvgIpc) is 2.51. The number of pyridine rings is 2. The van der Waals surface area contributed by atoms with Gasteiger partial charge in [0.1, 0.15) is 11.6 Å². The van der Waals surface area contributed by atoms with Crippen molar-refractivity contribution in [2.45, 2.75) is 19.9 Å². The van der Waals surface area contributed by atoms with E-state index in [1.165, 1.54) is 29.0 Å². The van der Waals surface area contributed by atoms with Crippen LogP contribution in [0.5, 0.6) is 0 Å². The summed E-state index contributed by atoms with van der Waals surface area (Å²) in [7, 11) is 0. The number of benzene rings is 1. The van der Waals surface area contributed by atoms with Crippen LogP contribution in [0.2, 0.25) is 0 Å². The Morgan fingerprint density at radius 1 is 1.13 bits per heavy atom. The second-order valence-corrected chi connectivity index (χ2v) is 5.52. The smallest absolute Gasteiger partial charge is 0.287 e. The third-order valence-corrected chi connectivity index (χ3v) is 3.51. The summed E-state index contributed by atoms with van der Waals surface area (Å²) in [6.45, 7) is 3.63. The van der Waals surface area contributed by atoms with Gasteiger partial charge < -0.3 is 9.88 Å². The summed E-state index contributed by atoms with van der Waals surface area (Å²) in [5.74, 6) is -0.636. The topological polar surface area (TPSA) is 46.9 Å². The normalized spacial score (nSPS) is 11.2. The second-order valence-electron chi connectivity index (χ2n) is 5.52. The maximum atomic E-state index is 13.7. The highest BCUT2D eigenvalue weighted by atomic mass is 19.1.